The van der Waals surface area contributed by atoms with Gasteiger partial charge in [-0.3, -0.25) is 5.10 Å². The van der Waals surface area contributed by atoms with Crippen LogP contribution in [-0.4, -0.2) is 45.7 Å². The molecule has 5 rings (SSSR count). The van der Waals surface area contributed by atoms with Crippen molar-refractivity contribution >= 4 is 23.7 Å². The first-order valence-electron chi connectivity index (χ1n) is 16.6. The zero-order valence-corrected chi connectivity index (χ0v) is 27.9. The van der Waals surface area contributed by atoms with Gasteiger partial charge in [-0.2, -0.15) is 5.10 Å². The lowest BCUT2D eigenvalue weighted by molar-refractivity contribution is 0.358. The highest BCUT2D eigenvalue weighted by molar-refractivity contribution is 5.96. The van der Waals surface area contributed by atoms with Crippen LogP contribution in [0.4, 0.5) is 4.39 Å². The second-order valence-corrected chi connectivity index (χ2v) is 12.9. The molecule has 2 N–H and O–H groups in total. The smallest absolute Gasteiger partial charge is 0.138 e. The van der Waals surface area contributed by atoms with Gasteiger partial charge in [0.05, 0.1) is 11.0 Å². The van der Waals surface area contributed by atoms with Gasteiger partial charge in [-0.15, -0.1) is 0 Å². The Hall–Kier alpha value is -4.29. The van der Waals surface area contributed by atoms with Crippen LogP contribution in [0.2, 0.25) is 0 Å². The largest absolute Gasteiger partial charge is 0.338 e. The SMILES string of the molecule is C=C\C(=C/C(=C\C)C(/C)=C/C=c1/[nH]nc(-c2cc3c(-c4cc(F)cc(CCCN(C)C)c4)ccnc3[nH]2)c1=C)CC1CCCCC1. The highest BCUT2D eigenvalue weighted by atomic mass is 19.1. The van der Waals surface area contributed by atoms with Gasteiger partial charge in [0, 0.05) is 16.8 Å². The van der Waals surface area contributed by atoms with Crippen molar-refractivity contribution in [3.63, 3.8) is 0 Å². The van der Waals surface area contributed by atoms with E-state index in [1.165, 1.54) is 43.3 Å². The molecule has 0 unspecified atom stereocenters. The molecular formula is C40H48FN5. The molecule has 1 aromatic carbocycles. The van der Waals surface area contributed by atoms with Gasteiger partial charge in [-0.05, 0) is 123 Å². The molecular weight excluding hydrogens is 569 g/mol. The molecule has 0 atom stereocenters. The lowest BCUT2D eigenvalue weighted by atomic mass is 9.84. The molecule has 3 heterocycles. The Balaban J connectivity index is 1.40. The molecule has 3 aromatic heterocycles. The number of nitrogens with one attached hydrogen (secondary N) is 2. The summed E-state index contributed by atoms with van der Waals surface area (Å²) >= 11 is 0. The monoisotopic (exact) mass is 617 g/mol. The molecule has 1 aliphatic rings. The van der Waals surface area contributed by atoms with E-state index in [4.69, 9.17) is 0 Å². The molecule has 1 fully saturated rings. The molecule has 0 spiro atoms. The summed E-state index contributed by atoms with van der Waals surface area (Å²) in [4.78, 5) is 10.1. The van der Waals surface area contributed by atoms with Crippen molar-refractivity contribution in [3.05, 3.63) is 106 Å². The van der Waals surface area contributed by atoms with E-state index in [2.05, 4.69) is 90.5 Å². The fraction of sp³-hybridized carbons (Fsp3) is 0.350. The highest BCUT2D eigenvalue weighted by Gasteiger charge is 2.15. The summed E-state index contributed by atoms with van der Waals surface area (Å²) in [5.74, 6) is 0.542. The standard InChI is InChI=1S/C40H48FN5/c1-7-29(21-30-13-10-9-11-14-30)22-32(8-2)27(3)16-17-37-28(4)39(45-44-37)38-26-36-35(18-19-42-40(36)43-38)33-23-31(24-34(41)25-33)15-12-20-46(5)6/h7-8,16-19,22-26,30,44H,1,4,9-15,20-21H2,2-3,5-6H3,(H,42,43)/b27-16+,29-22+,32-8+,37-17+. The van der Waals surface area contributed by atoms with Crippen molar-refractivity contribution in [1.82, 2.24) is 25.1 Å². The minimum Gasteiger partial charge on any atom is -0.338 e. The summed E-state index contributed by atoms with van der Waals surface area (Å²) in [6, 6.07) is 9.31. The second-order valence-electron chi connectivity index (χ2n) is 12.9. The number of fused-ring (bicyclic) bond motifs is 1. The predicted molar refractivity (Wildman–Crippen MR) is 192 cm³/mol. The minimum absolute atomic E-state index is 0.226. The summed E-state index contributed by atoms with van der Waals surface area (Å²) in [7, 11) is 4.11. The number of nitrogens with zero attached hydrogens (tertiary/aromatic N) is 3. The van der Waals surface area contributed by atoms with E-state index in [0.717, 1.165) is 87.0 Å². The number of aromatic amines is 2. The molecule has 0 bridgehead atoms. The fourth-order valence-corrected chi connectivity index (χ4v) is 6.55. The van der Waals surface area contributed by atoms with E-state index in [1.807, 2.05) is 24.3 Å². The number of aryl methyl sites for hydroxylation is 1. The molecule has 0 saturated heterocycles. The van der Waals surface area contributed by atoms with Gasteiger partial charge >= 0.3 is 0 Å². The Morgan fingerprint density at radius 3 is 2.67 bits per heavy atom. The van der Waals surface area contributed by atoms with E-state index >= 15 is 0 Å². The van der Waals surface area contributed by atoms with Gasteiger partial charge in [-0.25, -0.2) is 9.37 Å². The molecule has 0 radical (unpaired) electrons. The molecule has 0 amide bonds. The Kier molecular flexibility index (Phi) is 11.0. The molecule has 1 aliphatic carbocycles. The molecule has 5 nitrogen and oxygen atoms in total. The zero-order chi connectivity index (χ0) is 32.6. The maximum Gasteiger partial charge on any atom is 0.138 e. The van der Waals surface area contributed by atoms with Crippen molar-refractivity contribution in [2.24, 2.45) is 5.92 Å². The van der Waals surface area contributed by atoms with Crippen LogP contribution in [0, 0.1) is 11.7 Å². The summed E-state index contributed by atoms with van der Waals surface area (Å²) in [6.07, 6.45) is 22.0. The number of halogens is 1. The third-order valence-corrected chi connectivity index (χ3v) is 9.14. The van der Waals surface area contributed by atoms with Gasteiger partial charge in [0.1, 0.15) is 17.2 Å². The van der Waals surface area contributed by atoms with Crippen LogP contribution in [0.15, 0.2) is 84.1 Å². The Labute approximate surface area is 273 Å². The van der Waals surface area contributed by atoms with E-state index in [-0.39, 0.29) is 5.82 Å². The molecule has 4 aromatic rings. The van der Waals surface area contributed by atoms with Gasteiger partial charge in [0.15, 0.2) is 0 Å². The second kappa shape index (κ2) is 15.3. The van der Waals surface area contributed by atoms with Gasteiger partial charge in [0.2, 0.25) is 0 Å². The number of H-pyrrole nitrogens is 2. The van der Waals surface area contributed by atoms with Crippen LogP contribution in [0.1, 0.15) is 64.4 Å². The first kappa shape index (κ1) is 33.1. The Morgan fingerprint density at radius 1 is 1.13 bits per heavy atom. The normalized spacial score (nSPS) is 15.8. The molecule has 1 saturated carbocycles. The summed E-state index contributed by atoms with van der Waals surface area (Å²) < 4.78 is 14.7. The average Bonchev–Trinajstić information content (AvgIpc) is 3.64. The molecule has 0 aliphatic heterocycles. The van der Waals surface area contributed by atoms with Crippen LogP contribution >= 0.6 is 0 Å². The van der Waals surface area contributed by atoms with Gasteiger partial charge in [-0.1, -0.05) is 75.6 Å². The van der Waals surface area contributed by atoms with E-state index in [9.17, 15) is 4.39 Å². The first-order chi connectivity index (χ1) is 22.2. The number of rotatable bonds is 12. The lowest BCUT2D eigenvalue weighted by Gasteiger charge is -2.22. The first-order valence-corrected chi connectivity index (χ1v) is 16.6. The van der Waals surface area contributed by atoms with Crippen molar-refractivity contribution in [2.45, 2.75) is 65.2 Å². The lowest BCUT2D eigenvalue weighted by Crippen LogP contribution is -2.21. The van der Waals surface area contributed by atoms with Crippen molar-refractivity contribution in [2.75, 3.05) is 20.6 Å². The maximum absolute atomic E-state index is 14.7. The van der Waals surface area contributed by atoms with E-state index in [0.29, 0.717) is 0 Å². The Morgan fingerprint density at radius 2 is 1.93 bits per heavy atom. The van der Waals surface area contributed by atoms with Crippen LogP contribution in [0.25, 0.3) is 46.2 Å². The van der Waals surface area contributed by atoms with Crippen LogP contribution in [0.3, 0.4) is 0 Å². The predicted octanol–water partition coefficient (Wildman–Crippen LogP) is 8.42. The van der Waals surface area contributed by atoms with Gasteiger partial charge < -0.3 is 9.88 Å². The van der Waals surface area contributed by atoms with E-state index < -0.39 is 0 Å². The summed E-state index contributed by atoms with van der Waals surface area (Å²) in [5, 5.41) is 10.3. The van der Waals surface area contributed by atoms with Crippen LogP contribution in [-0.2, 0) is 6.42 Å². The third-order valence-electron chi connectivity index (χ3n) is 9.14. The average molecular weight is 618 g/mol. The maximum atomic E-state index is 14.7. The number of allylic oxidation sites excluding steroid dienone is 7. The molecule has 6 heteroatoms. The highest BCUT2D eigenvalue weighted by Crippen LogP contribution is 2.32. The fourth-order valence-electron chi connectivity index (χ4n) is 6.55. The number of aromatic nitrogens is 4. The number of pyridine rings is 1. The summed E-state index contributed by atoms with van der Waals surface area (Å²) in [5.41, 5.74) is 8.71. The number of hydrogen-bond donors (Lipinski definition) is 2. The Bertz CT molecular complexity index is 1880. The summed E-state index contributed by atoms with van der Waals surface area (Å²) in [6.45, 7) is 13.6. The van der Waals surface area contributed by atoms with Crippen molar-refractivity contribution < 1.29 is 4.39 Å². The molecule has 240 valence electrons. The quantitative estimate of drug-likeness (QED) is 0.157. The van der Waals surface area contributed by atoms with Crippen molar-refractivity contribution in [1.29, 1.82) is 0 Å². The topological polar surface area (TPSA) is 60.6 Å². The molecule has 46 heavy (non-hydrogen) atoms. The van der Waals surface area contributed by atoms with Gasteiger partial charge in [0.25, 0.3) is 0 Å². The van der Waals surface area contributed by atoms with Crippen molar-refractivity contribution in [3.8, 4) is 22.5 Å². The number of benzene rings is 1. The minimum atomic E-state index is -0.226. The third kappa shape index (κ3) is 8.10. The number of hydrogen-bond acceptors (Lipinski definition) is 3. The van der Waals surface area contributed by atoms with E-state index in [1.54, 1.807) is 18.3 Å². The zero-order valence-electron chi connectivity index (χ0n) is 27.9. The van der Waals surface area contributed by atoms with Crippen LogP contribution in [0.5, 0.6) is 0 Å². The van der Waals surface area contributed by atoms with Crippen LogP contribution < -0.4 is 10.6 Å².